The van der Waals surface area contributed by atoms with Crippen LogP contribution < -0.4 is 9.47 Å². The molecular formula is C14H22O5. The third-order valence-corrected chi connectivity index (χ3v) is 2.96. The minimum absolute atomic E-state index is 0.187. The quantitative estimate of drug-likeness (QED) is 0.723. The molecule has 0 radical (unpaired) electrons. The van der Waals surface area contributed by atoms with E-state index in [-0.39, 0.29) is 12.2 Å². The molecular weight excluding hydrogens is 248 g/mol. The molecule has 19 heavy (non-hydrogen) atoms. The second-order valence-corrected chi connectivity index (χ2v) is 4.00. The summed E-state index contributed by atoms with van der Waals surface area (Å²) in [5, 5.41) is 0. The van der Waals surface area contributed by atoms with Crippen LogP contribution in [0.4, 0.5) is 0 Å². The third kappa shape index (κ3) is 3.83. The zero-order valence-corrected chi connectivity index (χ0v) is 12.1. The van der Waals surface area contributed by atoms with Gasteiger partial charge in [0.2, 0.25) is 0 Å². The van der Waals surface area contributed by atoms with Crippen LogP contribution >= 0.6 is 0 Å². The summed E-state index contributed by atoms with van der Waals surface area (Å²) in [4.78, 5) is 0. The van der Waals surface area contributed by atoms with Crippen molar-refractivity contribution >= 4 is 0 Å². The summed E-state index contributed by atoms with van der Waals surface area (Å²) in [6, 6.07) is 5.66. The van der Waals surface area contributed by atoms with Gasteiger partial charge in [-0.3, -0.25) is 0 Å². The highest BCUT2D eigenvalue weighted by Crippen LogP contribution is 2.32. The Hall–Kier alpha value is -1.30. The van der Waals surface area contributed by atoms with Gasteiger partial charge in [0, 0.05) is 21.3 Å². The number of hydrogen-bond acceptors (Lipinski definition) is 5. The molecule has 0 N–H and O–H groups in total. The Balaban J connectivity index is 3.03. The molecule has 0 fully saturated rings. The molecule has 0 saturated heterocycles. The number of hydrogen-bond donors (Lipinski definition) is 0. The lowest BCUT2D eigenvalue weighted by atomic mass is 10.0. The van der Waals surface area contributed by atoms with Crippen LogP contribution in [-0.2, 0) is 14.2 Å². The molecule has 5 heteroatoms. The van der Waals surface area contributed by atoms with E-state index in [4.69, 9.17) is 23.7 Å². The lowest BCUT2D eigenvalue weighted by molar-refractivity contribution is -0.0697. The van der Waals surface area contributed by atoms with E-state index in [9.17, 15) is 0 Å². The first kappa shape index (κ1) is 15.8. The molecule has 0 saturated carbocycles. The predicted octanol–water partition coefficient (Wildman–Crippen LogP) is 2.05. The SMILES string of the molecule is COC[C@@H](OC)[C@@H](OC)c1ccc(OC)c(OC)c1. The van der Waals surface area contributed by atoms with Crippen LogP contribution in [0.25, 0.3) is 0 Å². The standard InChI is InChI=1S/C14H22O5/c1-15-9-13(18-4)14(19-5)10-6-7-11(16-2)12(8-10)17-3/h6-8,13-14H,9H2,1-5H3/t13-,14+/m1/s1. The lowest BCUT2D eigenvalue weighted by Gasteiger charge is -2.25. The minimum atomic E-state index is -0.232. The van der Waals surface area contributed by atoms with Crippen molar-refractivity contribution < 1.29 is 23.7 Å². The summed E-state index contributed by atoms with van der Waals surface area (Å²) in [5.74, 6) is 1.34. The third-order valence-electron chi connectivity index (χ3n) is 2.96. The highest BCUT2D eigenvalue weighted by Gasteiger charge is 2.24. The average molecular weight is 270 g/mol. The highest BCUT2D eigenvalue weighted by atomic mass is 16.6. The van der Waals surface area contributed by atoms with Crippen LogP contribution in [0.5, 0.6) is 11.5 Å². The molecule has 0 spiro atoms. The molecule has 0 aliphatic rings. The van der Waals surface area contributed by atoms with Crippen molar-refractivity contribution in [3.8, 4) is 11.5 Å². The van der Waals surface area contributed by atoms with Crippen LogP contribution in [0.15, 0.2) is 18.2 Å². The number of rotatable bonds is 8. The van der Waals surface area contributed by atoms with Gasteiger partial charge in [-0.1, -0.05) is 6.07 Å². The maximum absolute atomic E-state index is 5.51. The molecule has 1 aromatic carbocycles. The summed E-state index contributed by atoms with van der Waals surface area (Å²) in [6.45, 7) is 0.448. The van der Waals surface area contributed by atoms with E-state index in [1.807, 2.05) is 18.2 Å². The Bertz CT molecular complexity index is 380. The normalized spacial score (nSPS) is 13.9. The molecule has 0 aromatic heterocycles. The smallest absolute Gasteiger partial charge is 0.161 e. The summed E-state index contributed by atoms with van der Waals surface area (Å²) in [7, 11) is 8.12. The van der Waals surface area contributed by atoms with E-state index in [2.05, 4.69) is 0 Å². The summed E-state index contributed by atoms with van der Waals surface area (Å²) < 4.78 is 26.6. The van der Waals surface area contributed by atoms with Crippen LogP contribution in [0.1, 0.15) is 11.7 Å². The van der Waals surface area contributed by atoms with E-state index < -0.39 is 0 Å². The lowest BCUT2D eigenvalue weighted by Crippen LogP contribution is -2.27. The Morgan fingerprint density at radius 1 is 0.895 bits per heavy atom. The van der Waals surface area contributed by atoms with Gasteiger partial charge in [-0.2, -0.15) is 0 Å². The average Bonchev–Trinajstić information content (AvgIpc) is 2.46. The fourth-order valence-electron chi connectivity index (χ4n) is 1.98. The fraction of sp³-hybridized carbons (Fsp3) is 0.571. The van der Waals surface area contributed by atoms with E-state index in [0.717, 1.165) is 5.56 Å². The second kappa shape index (κ2) is 7.99. The minimum Gasteiger partial charge on any atom is -0.493 e. The van der Waals surface area contributed by atoms with Gasteiger partial charge in [-0.25, -0.2) is 0 Å². The van der Waals surface area contributed by atoms with Gasteiger partial charge in [-0.05, 0) is 17.7 Å². The molecule has 2 atom stereocenters. The monoisotopic (exact) mass is 270 g/mol. The van der Waals surface area contributed by atoms with Gasteiger partial charge >= 0.3 is 0 Å². The first-order valence-electron chi connectivity index (χ1n) is 5.98. The largest absolute Gasteiger partial charge is 0.493 e. The zero-order valence-electron chi connectivity index (χ0n) is 12.1. The first-order chi connectivity index (χ1) is 9.21. The van der Waals surface area contributed by atoms with Crippen LogP contribution in [0.2, 0.25) is 0 Å². The van der Waals surface area contributed by atoms with Gasteiger partial charge in [0.15, 0.2) is 11.5 Å². The molecule has 0 unspecified atom stereocenters. The van der Waals surface area contributed by atoms with Crippen molar-refractivity contribution in [3.63, 3.8) is 0 Å². The van der Waals surface area contributed by atoms with Gasteiger partial charge < -0.3 is 23.7 Å². The van der Waals surface area contributed by atoms with Crippen LogP contribution in [0, 0.1) is 0 Å². The maximum atomic E-state index is 5.51. The van der Waals surface area contributed by atoms with Gasteiger partial charge in [0.25, 0.3) is 0 Å². The van der Waals surface area contributed by atoms with Crippen molar-refractivity contribution in [2.45, 2.75) is 12.2 Å². The molecule has 1 aromatic rings. The van der Waals surface area contributed by atoms with E-state index in [0.29, 0.717) is 18.1 Å². The van der Waals surface area contributed by atoms with Crippen molar-refractivity contribution in [3.05, 3.63) is 23.8 Å². The fourth-order valence-corrected chi connectivity index (χ4v) is 1.98. The van der Waals surface area contributed by atoms with Crippen molar-refractivity contribution in [2.75, 3.05) is 42.2 Å². The molecule has 0 aliphatic heterocycles. The Labute approximate surface area is 114 Å². The van der Waals surface area contributed by atoms with Crippen molar-refractivity contribution in [2.24, 2.45) is 0 Å². The van der Waals surface area contributed by atoms with Crippen molar-refractivity contribution in [1.29, 1.82) is 0 Å². The number of methoxy groups -OCH3 is 5. The molecule has 0 bridgehead atoms. The summed E-state index contributed by atoms with van der Waals surface area (Å²) in [5.41, 5.74) is 0.948. The predicted molar refractivity (Wildman–Crippen MR) is 72.0 cm³/mol. The van der Waals surface area contributed by atoms with Gasteiger partial charge in [0.1, 0.15) is 12.2 Å². The summed E-state index contributed by atoms with van der Waals surface area (Å²) >= 11 is 0. The highest BCUT2D eigenvalue weighted by molar-refractivity contribution is 5.43. The first-order valence-corrected chi connectivity index (χ1v) is 5.98. The topological polar surface area (TPSA) is 46.2 Å². The maximum Gasteiger partial charge on any atom is 0.161 e. The number of ether oxygens (including phenoxy) is 5. The molecule has 0 heterocycles. The Morgan fingerprint density at radius 3 is 2.05 bits per heavy atom. The second-order valence-electron chi connectivity index (χ2n) is 4.00. The van der Waals surface area contributed by atoms with Crippen LogP contribution in [-0.4, -0.2) is 48.3 Å². The van der Waals surface area contributed by atoms with E-state index >= 15 is 0 Å². The van der Waals surface area contributed by atoms with E-state index in [1.165, 1.54) is 0 Å². The Kier molecular flexibility index (Phi) is 6.62. The summed E-state index contributed by atoms with van der Waals surface area (Å²) in [6.07, 6.45) is -0.419. The Morgan fingerprint density at radius 2 is 1.58 bits per heavy atom. The molecule has 1 rings (SSSR count). The van der Waals surface area contributed by atoms with E-state index in [1.54, 1.807) is 35.5 Å². The van der Waals surface area contributed by atoms with Gasteiger partial charge in [0.05, 0.1) is 20.8 Å². The molecule has 108 valence electrons. The van der Waals surface area contributed by atoms with Crippen molar-refractivity contribution in [1.82, 2.24) is 0 Å². The van der Waals surface area contributed by atoms with Gasteiger partial charge in [-0.15, -0.1) is 0 Å². The molecule has 5 nitrogen and oxygen atoms in total. The number of benzene rings is 1. The molecule has 0 amide bonds. The molecule has 0 aliphatic carbocycles. The zero-order chi connectivity index (χ0) is 14.3. The van der Waals surface area contributed by atoms with Crippen LogP contribution in [0.3, 0.4) is 0 Å².